The molecule has 0 fully saturated rings. The highest BCUT2D eigenvalue weighted by molar-refractivity contribution is 6.37. The summed E-state index contributed by atoms with van der Waals surface area (Å²) in [5, 5.41) is 3.90. The molecule has 3 aromatic carbocycles. The van der Waals surface area contributed by atoms with Crippen molar-refractivity contribution < 1.29 is 9.59 Å². The number of hydrogen-bond acceptors (Lipinski definition) is 3. The Morgan fingerprint density at radius 1 is 1.03 bits per heavy atom. The van der Waals surface area contributed by atoms with Gasteiger partial charge in [-0.05, 0) is 48.4 Å². The fourth-order valence-corrected chi connectivity index (χ4v) is 4.05. The SMILES string of the molecule is CCc1cccc(NC(=O)CN2C(=O)CN=C(c3ccccc3Cl)c3cc(Cl)ccc32)c1. The minimum absolute atomic E-state index is 0.106. The number of benzodiazepines with no additional fused rings is 1. The van der Waals surface area contributed by atoms with Crippen LogP contribution in [0, 0.1) is 0 Å². The summed E-state index contributed by atoms with van der Waals surface area (Å²) in [5.74, 6) is -0.582. The lowest BCUT2D eigenvalue weighted by Gasteiger charge is -2.23. The second-order valence-corrected chi connectivity index (χ2v) is 8.23. The smallest absolute Gasteiger partial charge is 0.249 e. The molecule has 3 aromatic rings. The summed E-state index contributed by atoms with van der Waals surface area (Å²) in [6, 6.07) is 20.1. The molecule has 1 heterocycles. The van der Waals surface area contributed by atoms with Crippen molar-refractivity contribution in [1.82, 2.24) is 0 Å². The van der Waals surface area contributed by atoms with Crippen LogP contribution < -0.4 is 10.2 Å². The van der Waals surface area contributed by atoms with Crippen LogP contribution in [0.25, 0.3) is 0 Å². The van der Waals surface area contributed by atoms with Crippen LogP contribution in [0.1, 0.15) is 23.6 Å². The number of rotatable bonds is 5. The molecule has 0 saturated heterocycles. The number of halogens is 2. The van der Waals surface area contributed by atoms with Gasteiger partial charge in [-0.15, -0.1) is 0 Å². The van der Waals surface area contributed by atoms with E-state index in [4.69, 9.17) is 23.2 Å². The summed E-state index contributed by atoms with van der Waals surface area (Å²) in [7, 11) is 0. The van der Waals surface area contributed by atoms with Crippen LogP contribution in [0.3, 0.4) is 0 Å². The Balaban J connectivity index is 1.67. The van der Waals surface area contributed by atoms with Gasteiger partial charge in [-0.3, -0.25) is 14.6 Å². The van der Waals surface area contributed by atoms with Gasteiger partial charge in [0.05, 0.1) is 11.4 Å². The summed E-state index contributed by atoms with van der Waals surface area (Å²) in [4.78, 5) is 31.8. The second kappa shape index (κ2) is 9.55. The molecule has 0 atom stereocenters. The molecule has 0 unspecified atom stereocenters. The lowest BCUT2D eigenvalue weighted by atomic mass is 10.00. The Bertz CT molecular complexity index is 1220. The van der Waals surface area contributed by atoms with Crippen molar-refractivity contribution in [2.24, 2.45) is 4.99 Å². The van der Waals surface area contributed by atoms with Crippen molar-refractivity contribution in [2.45, 2.75) is 13.3 Å². The van der Waals surface area contributed by atoms with E-state index < -0.39 is 0 Å². The van der Waals surface area contributed by atoms with E-state index in [-0.39, 0.29) is 24.9 Å². The molecular formula is C25H21Cl2N3O2. The first-order valence-corrected chi connectivity index (χ1v) is 11.0. The average molecular weight is 466 g/mol. The number of nitrogens with one attached hydrogen (secondary N) is 1. The lowest BCUT2D eigenvalue weighted by molar-refractivity contribution is -0.120. The standard InChI is InChI=1S/C25H21Cl2N3O2/c1-2-16-6-5-7-18(12-16)29-23(31)15-30-22-11-10-17(26)13-20(22)25(28-14-24(30)32)19-8-3-4-9-21(19)27/h3-13H,2,14-15H2,1H3,(H,29,31). The molecule has 5 nitrogen and oxygen atoms in total. The fourth-order valence-electron chi connectivity index (χ4n) is 3.65. The Morgan fingerprint density at radius 3 is 2.62 bits per heavy atom. The van der Waals surface area contributed by atoms with E-state index in [2.05, 4.69) is 17.2 Å². The van der Waals surface area contributed by atoms with E-state index in [1.807, 2.05) is 42.5 Å². The molecule has 0 aliphatic carbocycles. The minimum Gasteiger partial charge on any atom is -0.325 e. The van der Waals surface area contributed by atoms with Crippen molar-refractivity contribution in [3.8, 4) is 0 Å². The van der Waals surface area contributed by atoms with E-state index in [0.717, 1.165) is 12.0 Å². The van der Waals surface area contributed by atoms with Gasteiger partial charge in [-0.25, -0.2) is 0 Å². The molecule has 4 rings (SSSR count). The van der Waals surface area contributed by atoms with Gasteiger partial charge in [-0.2, -0.15) is 0 Å². The Morgan fingerprint density at radius 2 is 1.84 bits per heavy atom. The Labute approximate surface area is 196 Å². The fraction of sp³-hybridized carbons (Fsp3) is 0.160. The molecule has 1 aliphatic heterocycles. The van der Waals surface area contributed by atoms with Gasteiger partial charge >= 0.3 is 0 Å². The van der Waals surface area contributed by atoms with Crippen molar-refractivity contribution in [3.05, 3.63) is 93.5 Å². The molecule has 0 saturated carbocycles. The average Bonchev–Trinajstić information content (AvgIpc) is 2.91. The molecule has 0 bridgehead atoms. The highest BCUT2D eigenvalue weighted by Crippen LogP contribution is 2.31. The zero-order chi connectivity index (χ0) is 22.7. The number of carbonyl (C=O) groups is 2. The van der Waals surface area contributed by atoms with E-state index in [9.17, 15) is 9.59 Å². The normalized spacial score (nSPS) is 13.3. The predicted octanol–water partition coefficient (Wildman–Crippen LogP) is 5.38. The van der Waals surface area contributed by atoms with Gasteiger partial charge in [0.15, 0.2) is 0 Å². The third-order valence-electron chi connectivity index (χ3n) is 5.23. The molecule has 1 N–H and O–H groups in total. The molecule has 0 aromatic heterocycles. The van der Waals surface area contributed by atoms with E-state index in [1.165, 1.54) is 4.90 Å². The maximum Gasteiger partial charge on any atom is 0.249 e. The van der Waals surface area contributed by atoms with Gasteiger partial charge in [-0.1, -0.05) is 60.5 Å². The highest BCUT2D eigenvalue weighted by atomic mass is 35.5. The largest absolute Gasteiger partial charge is 0.325 e. The van der Waals surface area contributed by atoms with Crippen LogP contribution in [0.4, 0.5) is 11.4 Å². The quantitative estimate of drug-likeness (QED) is 0.549. The first kappa shape index (κ1) is 22.1. The number of fused-ring (bicyclic) bond motifs is 1. The predicted molar refractivity (Wildman–Crippen MR) is 130 cm³/mol. The number of aryl methyl sites for hydroxylation is 1. The summed E-state index contributed by atoms with van der Waals surface area (Å²) >= 11 is 12.7. The van der Waals surface area contributed by atoms with E-state index in [0.29, 0.717) is 38.3 Å². The number of hydrogen-bond donors (Lipinski definition) is 1. The molecule has 32 heavy (non-hydrogen) atoms. The minimum atomic E-state index is -0.298. The van der Waals surface area contributed by atoms with Gasteiger partial charge in [0.2, 0.25) is 11.8 Å². The van der Waals surface area contributed by atoms with Gasteiger partial charge in [0.25, 0.3) is 0 Å². The molecular weight excluding hydrogens is 445 g/mol. The maximum absolute atomic E-state index is 13.0. The molecule has 2 amide bonds. The maximum atomic E-state index is 13.0. The van der Waals surface area contributed by atoms with Crippen LogP contribution in [-0.2, 0) is 16.0 Å². The number of anilines is 2. The van der Waals surface area contributed by atoms with Crippen molar-refractivity contribution in [2.75, 3.05) is 23.3 Å². The highest BCUT2D eigenvalue weighted by Gasteiger charge is 2.27. The van der Waals surface area contributed by atoms with Crippen molar-refractivity contribution in [3.63, 3.8) is 0 Å². The van der Waals surface area contributed by atoms with Crippen LogP contribution in [0.15, 0.2) is 71.7 Å². The van der Waals surface area contributed by atoms with Gasteiger partial charge < -0.3 is 10.2 Å². The number of benzene rings is 3. The first-order chi connectivity index (χ1) is 15.5. The van der Waals surface area contributed by atoms with Crippen LogP contribution in [0.2, 0.25) is 10.0 Å². The topological polar surface area (TPSA) is 61.8 Å². The summed E-state index contributed by atoms with van der Waals surface area (Å²) in [5.41, 5.74) is 4.30. The van der Waals surface area contributed by atoms with Crippen molar-refractivity contribution in [1.29, 1.82) is 0 Å². The summed E-state index contributed by atoms with van der Waals surface area (Å²) < 4.78 is 0. The van der Waals surface area contributed by atoms with Crippen LogP contribution >= 0.6 is 23.2 Å². The van der Waals surface area contributed by atoms with Gasteiger partial charge in [0.1, 0.15) is 13.1 Å². The van der Waals surface area contributed by atoms with Crippen molar-refractivity contribution >= 4 is 52.1 Å². The van der Waals surface area contributed by atoms with E-state index >= 15 is 0 Å². The van der Waals surface area contributed by atoms with E-state index in [1.54, 1.807) is 24.3 Å². The molecule has 1 aliphatic rings. The number of nitrogens with zero attached hydrogens (tertiary/aromatic N) is 2. The first-order valence-electron chi connectivity index (χ1n) is 10.2. The summed E-state index contributed by atoms with van der Waals surface area (Å²) in [6.45, 7) is 1.80. The Hall–Kier alpha value is -3.15. The molecule has 7 heteroatoms. The third kappa shape index (κ3) is 4.69. The zero-order valence-electron chi connectivity index (χ0n) is 17.4. The van der Waals surface area contributed by atoms with Crippen LogP contribution in [-0.4, -0.2) is 30.6 Å². The molecule has 0 spiro atoms. The summed E-state index contributed by atoms with van der Waals surface area (Å²) in [6.07, 6.45) is 0.866. The zero-order valence-corrected chi connectivity index (χ0v) is 19.0. The molecule has 162 valence electrons. The monoisotopic (exact) mass is 465 g/mol. The Kier molecular flexibility index (Phi) is 6.58. The number of carbonyl (C=O) groups excluding carboxylic acids is 2. The third-order valence-corrected chi connectivity index (χ3v) is 5.79. The lowest BCUT2D eigenvalue weighted by Crippen LogP contribution is -2.39. The second-order valence-electron chi connectivity index (χ2n) is 7.39. The number of aliphatic imine (C=N–C) groups is 1. The van der Waals surface area contributed by atoms with Gasteiger partial charge in [0, 0.05) is 26.9 Å². The molecule has 0 radical (unpaired) electrons. The van der Waals surface area contributed by atoms with Crippen LogP contribution in [0.5, 0.6) is 0 Å². The number of amides is 2.